The van der Waals surface area contributed by atoms with Gasteiger partial charge >= 0.3 is 0 Å². The van der Waals surface area contributed by atoms with Crippen molar-refractivity contribution >= 4 is 11.6 Å². The van der Waals surface area contributed by atoms with E-state index in [1.165, 1.54) is 0 Å². The zero-order chi connectivity index (χ0) is 22.5. The third-order valence-corrected chi connectivity index (χ3v) is 8.62. The summed E-state index contributed by atoms with van der Waals surface area (Å²) in [6.07, 6.45) is 5.60. The van der Waals surface area contributed by atoms with Crippen molar-refractivity contribution in [2.45, 2.75) is 74.8 Å². The van der Waals surface area contributed by atoms with Crippen molar-refractivity contribution in [2.24, 2.45) is 5.92 Å². The molecule has 0 radical (unpaired) electrons. The van der Waals surface area contributed by atoms with Gasteiger partial charge in [0.15, 0.2) is 0 Å². The highest BCUT2D eigenvalue weighted by molar-refractivity contribution is 5.83. The lowest BCUT2D eigenvalue weighted by atomic mass is 9.98. The highest BCUT2D eigenvalue weighted by atomic mass is 19.1. The number of carbonyl (C=O) groups excluding carboxylic acids is 1. The first-order valence-electron chi connectivity index (χ1n) is 12.5. The molecule has 176 valence electrons. The Kier molecular flexibility index (Phi) is 5.52. The predicted molar refractivity (Wildman–Crippen MR) is 121 cm³/mol. The Bertz CT molecular complexity index is 963. The monoisotopic (exact) mass is 453 g/mol. The van der Waals surface area contributed by atoms with Crippen LogP contribution in [0.4, 0.5) is 10.1 Å². The minimum atomic E-state index is -0.733. The molecule has 1 aromatic carbocycles. The molecule has 0 aromatic heterocycles. The van der Waals surface area contributed by atoms with Gasteiger partial charge in [-0.15, -0.1) is 0 Å². The van der Waals surface area contributed by atoms with E-state index in [0.717, 1.165) is 64.1 Å². The molecule has 1 amide bonds. The maximum atomic E-state index is 15.1. The van der Waals surface area contributed by atoms with Crippen LogP contribution < -0.4 is 15.5 Å². The van der Waals surface area contributed by atoms with Crippen LogP contribution >= 0.6 is 0 Å². The van der Waals surface area contributed by atoms with Gasteiger partial charge < -0.3 is 20.3 Å². The second-order valence-electron chi connectivity index (χ2n) is 10.4. The van der Waals surface area contributed by atoms with Gasteiger partial charge in [0.2, 0.25) is 5.91 Å². The van der Waals surface area contributed by atoms with Gasteiger partial charge in [-0.1, -0.05) is 6.07 Å². The highest BCUT2D eigenvalue weighted by Crippen LogP contribution is 2.38. The second kappa shape index (κ2) is 8.53. The number of hydrogen-bond acceptors (Lipinski definition) is 6. The van der Waals surface area contributed by atoms with Crippen molar-refractivity contribution in [3.05, 3.63) is 29.6 Å². The summed E-state index contributed by atoms with van der Waals surface area (Å²) in [5, 5.41) is 15.8. The van der Waals surface area contributed by atoms with E-state index in [4.69, 9.17) is 4.74 Å². The Hall–Kier alpha value is -2.21. The Morgan fingerprint density at radius 1 is 1.24 bits per heavy atom. The minimum absolute atomic E-state index is 0.128. The molecule has 6 atom stereocenters. The first kappa shape index (κ1) is 21.3. The Morgan fingerprint density at radius 2 is 2.09 bits per heavy atom. The van der Waals surface area contributed by atoms with E-state index in [0.29, 0.717) is 35.6 Å². The summed E-state index contributed by atoms with van der Waals surface area (Å²) in [4.78, 5) is 17.6. The van der Waals surface area contributed by atoms with Gasteiger partial charge in [-0.05, 0) is 55.7 Å². The zero-order valence-electron chi connectivity index (χ0n) is 18.9. The number of nitrogens with zero attached hydrogens (tertiary/aromatic N) is 3. The molecule has 5 fully saturated rings. The number of rotatable bonds is 6. The molecule has 1 saturated carbocycles. The van der Waals surface area contributed by atoms with Gasteiger partial charge in [0.05, 0.1) is 31.4 Å². The van der Waals surface area contributed by atoms with Crippen LogP contribution in [-0.2, 0) is 16.0 Å². The maximum absolute atomic E-state index is 15.1. The molecule has 4 saturated heterocycles. The second-order valence-corrected chi connectivity index (χ2v) is 10.4. The molecule has 1 aliphatic carbocycles. The molecule has 4 aliphatic heterocycles. The standard InChI is InChI=1S/C25H32FN5O2/c26-21-11-19(30-7-5-23-22(30)6-8-31(23)20-13-33-14-20)4-2-15(21)9-18(12-27)29-25(32)24-16-1-3-17(10-16)28-24/h2,4,11,16-18,20,22-24,28H,1,3,5-10,13-14H2,(H,29,32)/t16-,17+,18-,22?,23?,24-/m0/s1. The van der Waals surface area contributed by atoms with E-state index in [-0.39, 0.29) is 24.2 Å². The molecule has 0 spiro atoms. The number of carbonyl (C=O) groups is 1. The first-order valence-corrected chi connectivity index (χ1v) is 12.5. The average molecular weight is 454 g/mol. The molecule has 2 bridgehead atoms. The number of amides is 1. The normalized spacial score (nSPS) is 34.2. The van der Waals surface area contributed by atoms with Crippen molar-refractivity contribution in [3.63, 3.8) is 0 Å². The highest BCUT2D eigenvalue weighted by Gasteiger charge is 2.46. The number of benzene rings is 1. The van der Waals surface area contributed by atoms with Crippen LogP contribution in [-0.4, -0.2) is 73.4 Å². The van der Waals surface area contributed by atoms with Crippen LogP contribution in [0, 0.1) is 23.1 Å². The fourth-order valence-corrected chi connectivity index (χ4v) is 6.85. The summed E-state index contributed by atoms with van der Waals surface area (Å²) in [5.74, 6) is -0.0692. The largest absolute Gasteiger partial charge is 0.378 e. The predicted octanol–water partition coefficient (Wildman–Crippen LogP) is 1.57. The van der Waals surface area contributed by atoms with Gasteiger partial charge in [0.1, 0.15) is 11.9 Å². The number of nitrogens with one attached hydrogen (secondary N) is 2. The molecular weight excluding hydrogens is 421 g/mol. The number of piperidine rings is 1. The first-order chi connectivity index (χ1) is 16.1. The topological polar surface area (TPSA) is 80.6 Å². The van der Waals surface area contributed by atoms with Crippen LogP contribution in [0.25, 0.3) is 0 Å². The molecule has 1 aromatic rings. The Morgan fingerprint density at radius 3 is 2.76 bits per heavy atom. The van der Waals surface area contributed by atoms with Gasteiger partial charge in [-0.2, -0.15) is 5.26 Å². The summed E-state index contributed by atoms with van der Waals surface area (Å²) < 4.78 is 20.5. The average Bonchev–Trinajstić information content (AvgIpc) is 3.56. The third-order valence-electron chi connectivity index (χ3n) is 8.62. The van der Waals surface area contributed by atoms with Crippen LogP contribution in [0.1, 0.15) is 37.7 Å². The van der Waals surface area contributed by atoms with Crippen molar-refractivity contribution in [3.8, 4) is 6.07 Å². The molecule has 2 unspecified atom stereocenters. The molecule has 6 rings (SSSR count). The lowest BCUT2D eigenvalue weighted by Crippen LogP contribution is -2.52. The maximum Gasteiger partial charge on any atom is 0.238 e. The van der Waals surface area contributed by atoms with Crippen LogP contribution in [0.15, 0.2) is 18.2 Å². The Balaban J connectivity index is 1.09. The molecule has 5 aliphatic rings. The molecule has 33 heavy (non-hydrogen) atoms. The SMILES string of the molecule is N#C[C@H](Cc1ccc(N2CCC3C2CCN3C2COC2)cc1F)NC(=O)[C@H]1N[C@@H]2CC[C@H]1C2. The van der Waals surface area contributed by atoms with Crippen LogP contribution in [0.5, 0.6) is 0 Å². The summed E-state index contributed by atoms with van der Waals surface area (Å²) in [7, 11) is 0. The molecule has 8 heteroatoms. The fraction of sp³-hybridized carbons (Fsp3) is 0.680. The van der Waals surface area contributed by atoms with E-state index in [2.05, 4.69) is 26.5 Å². The minimum Gasteiger partial charge on any atom is -0.378 e. The van der Waals surface area contributed by atoms with Gasteiger partial charge in [0, 0.05) is 43.3 Å². The van der Waals surface area contributed by atoms with Crippen LogP contribution in [0.3, 0.4) is 0 Å². The van der Waals surface area contributed by atoms with Crippen molar-refractivity contribution in [2.75, 3.05) is 31.2 Å². The number of halogens is 1. The van der Waals surface area contributed by atoms with E-state index in [9.17, 15) is 10.1 Å². The van der Waals surface area contributed by atoms with Crippen molar-refractivity contribution < 1.29 is 13.9 Å². The van der Waals surface area contributed by atoms with Crippen molar-refractivity contribution in [1.82, 2.24) is 15.5 Å². The van der Waals surface area contributed by atoms with Gasteiger partial charge in [0.25, 0.3) is 0 Å². The number of ether oxygens (including phenoxy) is 1. The number of fused-ring (bicyclic) bond motifs is 3. The van der Waals surface area contributed by atoms with E-state index >= 15 is 4.39 Å². The molecule has 4 heterocycles. The fourth-order valence-electron chi connectivity index (χ4n) is 6.85. The molecule has 2 N–H and O–H groups in total. The summed E-state index contributed by atoms with van der Waals surface area (Å²) in [6, 6.07) is 8.51. The zero-order valence-corrected chi connectivity index (χ0v) is 18.9. The number of hydrogen-bond donors (Lipinski definition) is 2. The van der Waals surface area contributed by atoms with E-state index < -0.39 is 6.04 Å². The number of anilines is 1. The molecular formula is C25H32FN5O2. The summed E-state index contributed by atoms with van der Waals surface area (Å²) in [6.45, 7) is 3.69. The lowest BCUT2D eigenvalue weighted by molar-refractivity contribution is -0.124. The third kappa shape index (κ3) is 3.80. The number of likely N-dealkylation sites (tertiary alicyclic amines) is 1. The smallest absolute Gasteiger partial charge is 0.238 e. The summed E-state index contributed by atoms with van der Waals surface area (Å²) >= 11 is 0. The lowest BCUT2D eigenvalue weighted by Gasteiger charge is -2.38. The van der Waals surface area contributed by atoms with E-state index in [1.54, 1.807) is 12.1 Å². The number of nitriles is 1. The van der Waals surface area contributed by atoms with Gasteiger partial charge in [-0.3, -0.25) is 9.69 Å². The van der Waals surface area contributed by atoms with Gasteiger partial charge in [-0.25, -0.2) is 4.39 Å². The van der Waals surface area contributed by atoms with Crippen LogP contribution in [0.2, 0.25) is 0 Å². The van der Waals surface area contributed by atoms with E-state index in [1.807, 2.05) is 6.07 Å². The summed E-state index contributed by atoms with van der Waals surface area (Å²) in [5.41, 5.74) is 1.39. The molecule has 7 nitrogen and oxygen atoms in total. The van der Waals surface area contributed by atoms with Crippen molar-refractivity contribution in [1.29, 1.82) is 5.26 Å². The Labute approximate surface area is 194 Å². The quantitative estimate of drug-likeness (QED) is 0.681.